The van der Waals surface area contributed by atoms with Crippen LogP contribution in [-0.2, 0) is 10.2 Å². The molecule has 2 aliphatic rings. The van der Waals surface area contributed by atoms with Crippen LogP contribution in [0.2, 0.25) is 0 Å². The van der Waals surface area contributed by atoms with Gasteiger partial charge in [-0.3, -0.25) is 9.89 Å². The van der Waals surface area contributed by atoms with Crippen molar-refractivity contribution in [1.82, 2.24) is 15.5 Å². The normalized spacial score (nSPS) is 20.5. The number of aliphatic imine (C=N–C) groups is 1. The number of halogens is 1. The molecule has 1 aromatic heterocycles. The molecule has 1 unspecified atom stereocenters. The molecule has 4 rings (SSSR count). The molecule has 1 atom stereocenters. The van der Waals surface area contributed by atoms with E-state index in [1.165, 1.54) is 17.7 Å². The Balaban J connectivity index is 1.41. The summed E-state index contributed by atoms with van der Waals surface area (Å²) in [6.45, 7) is 5.33. The summed E-state index contributed by atoms with van der Waals surface area (Å²) in [6.07, 6.45) is 4.37. The standard InChI is InChI=1S/C24H33FN4OS/c1-26-23(27-17-21(22-5-4-16-31-22)29-12-2-3-13-29)28-18-24(10-14-30-15-11-24)19-6-8-20(25)9-7-19/h4-9,16,21H,2-3,10-15,17-18H2,1H3,(H2,26,27,28). The Morgan fingerprint density at radius 1 is 1.16 bits per heavy atom. The molecule has 31 heavy (non-hydrogen) atoms. The minimum absolute atomic E-state index is 0.0777. The van der Waals surface area contributed by atoms with E-state index >= 15 is 0 Å². The number of benzene rings is 1. The second-order valence-corrected chi connectivity index (χ2v) is 9.46. The second kappa shape index (κ2) is 10.6. The lowest BCUT2D eigenvalue weighted by Crippen LogP contribution is -2.49. The molecule has 0 bridgehead atoms. The van der Waals surface area contributed by atoms with Crippen molar-refractivity contribution in [2.24, 2.45) is 4.99 Å². The maximum absolute atomic E-state index is 13.5. The van der Waals surface area contributed by atoms with Crippen molar-refractivity contribution in [3.8, 4) is 0 Å². The zero-order valence-corrected chi connectivity index (χ0v) is 19.1. The van der Waals surface area contributed by atoms with Crippen LogP contribution in [0.4, 0.5) is 4.39 Å². The molecule has 2 N–H and O–H groups in total. The van der Waals surface area contributed by atoms with Crippen LogP contribution in [0.3, 0.4) is 0 Å². The highest BCUT2D eigenvalue weighted by Gasteiger charge is 2.35. The van der Waals surface area contributed by atoms with Crippen molar-refractivity contribution >= 4 is 17.3 Å². The van der Waals surface area contributed by atoms with Gasteiger partial charge in [-0.1, -0.05) is 18.2 Å². The van der Waals surface area contributed by atoms with Gasteiger partial charge in [0.15, 0.2) is 5.96 Å². The van der Waals surface area contributed by atoms with Gasteiger partial charge in [0, 0.05) is 43.6 Å². The molecule has 168 valence electrons. The van der Waals surface area contributed by atoms with Gasteiger partial charge in [0.25, 0.3) is 0 Å². The van der Waals surface area contributed by atoms with Gasteiger partial charge in [-0.25, -0.2) is 4.39 Å². The van der Waals surface area contributed by atoms with E-state index in [4.69, 9.17) is 4.74 Å². The molecule has 5 nitrogen and oxygen atoms in total. The molecular formula is C24H33FN4OS. The third-order valence-corrected chi connectivity index (χ3v) is 7.61. The summed E-state index contributed by atoms with van der Waals surface area (Å²) in [4.78, 5) is 8.45. The first-order chi connectivity index (χ1) is 15.2. The number of ether oxygens (including phenoxy) is 1. The van der Waals surface area contributed by atoms with Crippen LogP contribution in [0.15, 0.2) is 46.8 Å². The van der Waals surface area contributed by atoms with Gasteiger partial charge >= 0.3 is 0 Å². The number of rotatable bonds is 7. The van der Waals surface area contributed by atoms with Crippen molar-refractivity contribution in [1.29, 1.82) is 0 Å². The van der Waals surface area contributed by atoms with Crippen molar-refractivity contribution in [2.75, 3.05) is 46.4 Å². The molecule has 0 saturated carbocycles. The number of likely N-dealkylation sites (tertiary alicyclic amines) is 1. The Morgan fingerprint density at radius 2 is 1.90 bits per heavy atom. The lowest BCUT2D eigenvalue weighted by atomic mass is 9.74. The third kappa shape index (κ3) is 5.45. The van der Waals surface area contributed by atoms with Crippen LogP contribution in [0.25, 0.3) is 0 Å². The predicted octanol–water partition coefficient (Wildman–Crippen LogP) is 3.94. The van der Waals surface area contributed by atoms with Crippen molar-refractivity contribution in [2.45, 2.75) is 37.1 Å². The van der Waals surface area contributed by atoms with Crippen LogP contribution < -0.4 is 10.6 Å². The quantitative estimate of drug-likeness (QED) is 0.502. The first kappa shape index (κ1) is 22.2. The molecule has 0 radical (unpaired) electrons. The van der Waals surface area contributed by atoms with Crippen LogP contribution >= 0.6 is 11.3 Å². The average molecular weight is 445 g/mol. The first-order valence-electron chi connectivity index (χ1n) is 11.3. The number of nitrogens with one attached hydrogen (secondary N) is 2. The van der Waals surface area contributed by atoms with E-state index in [0.29, 0.717) is 6.04 Å². The van der Waals surface area contributed by atoms with Crippen molar-refractivity contribution in [3.63, 3.8) is 0 Å². The van der Waals surface area contributed by atoms with E-state index in [0.717, 1.165) is 63.8 Å². The molecule has 2 saturated heterocycles. The van der Waals surface area contributed by atoms with Gasteiger partial charge in [0.05, 0.1) is 6.04 Å². The molecule has 2 fully saturated rings. The van der Waals surface area contributed by atoms with Gasteiger partial charge in [0.2, 0.25) is 0 Å². The number of hydrogen-bond acceptors (Lipinski definition) is 4. The highest BCUT2D eigenvalue weighted by Crippen LogP contribution is 2.34. The lowest BCUT2D eigenvalue weighted by molar-refractivity contribution is 0.0513. The van der Waals surface area contributed by atoms with E-state index in [1.807, 2.05) is 30.5 Å². The lowest BCUT2D eigenvalue weighted by Gasteiger charge is -2.38. The van der Waals surface area contributed by atoms with Gasteiger partial charge in [-0.05, 0) is 67.9 Å². The summed E-state index contributed by atoms with van der Waals surface area (Å²) in [6, 6.07) is 11.7. The second-order valence-electron chi connectivity index (χ2n) is 8.48. The summed E-state index contributed by atoms with van der Waals surface area (Å²) in [5.74, 6) is 0.617. The van der Waals surface area contributed by atoms with Crippen LogP contribution in [-0.4, -0.2) is 57.3 Å². The largest absolute Gasteiger partial charge is 0.381 e. The Labute approximate surface area is 188 Å². The van der Waals surface area contributed by atoms with Gasteiger partial charge in [-0.2, -0.15) is 0 Å². The highest BCUT2D eigenvalue weighted by molar-refractivity contribution is 7.10. The highest BCUT2D eigenvalue weighted by atomic mass is 32.1. The van der Waals surface area contributed by atoms with Crippen molar-refractivity contribution < 1.29 is 9.13 Å². The molecule has 0 aliphatic carbocycles. The monoisotopic (exact) mass is 444 g/mol. The fraction of sp³-hybridized carbons (Fsp3) is 0.542. The molecule has 7 heteroatoms. The number of guanidine groups is 1. The van der Waals surface area contributed by atoms with E-state index in [-0.39, 0.29) is 11.2 Å². The molecule has 3 heterocycles. The third-order valence-electron chi connectivity index (χ3n) is 6.64. The van der Waals surface area contributed by atoms with Crippen LogP contribution in [0, 0.1) is 5.82 Å². The van der Waals surface area contributed by atoms with Crippen LogP contribution in [0.5, 0.6) is 0 Å². The fourth-order valence-corrected chi connectivity index (χ4v) is 5.60. The first-order valence-corrected chi connectivity index (χ1v) is 12.1. The molecule has 0 spiro atoms. The van der Waals surface area contributed by atoms with E-state index in [9.17, 15) is 4.39 Å². The zero-order valence-electron chi connectivity index (χ0n) is 18.3. The zero-order chi connectivity index (χ0) is 21.5. The summed E-state index contributed by atoms with van der Waals surface area (Å²) in [5, 5.41) is 9.28. The average Bonchev–Trinajstić information content (AvgIpc) is 3.52. The van der Waals surface area contributed by atoms with Crippen molar-refractivity contribution in [3.05, 3.63) is 58.0 Å². The van der Waals surface area contributed by atoms with Gasteiger partial charge < -0.3 is 15.4 Å². The van der Waals surface area contributed by atoms with Crippen LogP contribution in [0.1, 0.15) is 42.2 Å². The molecule has 2 aliphatic heterocycles. The smallest absolute Gasteiger partial charge is 0.191 e. The van der Waals surface area contributed by atoms with E-state index in [1.54, 1.807) is 12.1 Å². The molecular weight excluding hydrogens is 411 g/mol. The Hall–Kier alpha value is -1.96. The summed E-state index contributed by atoms with van der Waals surface area (Å²) >= 11 is 1.82. The number of nitrogens with zero attached hydrogens (tertiary/aromatic N) is 2. The maximum Gasteiger partial charge on any atom is 0.191 e. The molecule has 2 aromatic rings. The summed E-state index contributed by atoms with van der Waals surface area (Å²) in [7, 11) is 1.82. The van der Waals surface area contributed by atoms with E-state index < -0.39 is 0 Å². The minimum atomic E-state index is -0.196. The van der Waals surface area contributed by atoms with Gasteiger partial charge in [-0.15, -0.1) is 11.3 Å². The summed E-state index contributed by atoms with van der Waals surface area (Å²) < 4.78 is 19.1. The Morgan fingerprint density at radius 3 is 2.55 bits per heavy atom. The fourth-order valence-electron chi connectivity index (χ4n) is 4.74. The Kier molecular flexibility index (Phi) is 7.58. The Bertz CT molecular complexity index is 828. The molecule has 1 aromatic carbocycles. The topological polar surface area (TPSA) is 48.9 Å². The minimum Gasteiger partial charge on any atom is -0.381 e. The summed E-state index contributed by atoms with van der Waals surface area (Å²) in [5.41, 5.74) is 1.08. The molecule has 0 amide bonds. The maximum atomic E-state index is 13.5. The number of thiophene rings is 1. The predicted molar refractivity (Wildman–Crippen MR) is 125 cm³/mol. The SMILES string of the molecule is CN=C(NCC(c1cccs1)N1CCCC1)NCC1(c2ccc(F)cc2)CCOCC1. The van der Waals surface area contributed by atoms with E-state index in [2.05, 4.69) is 38.0 Å². The van der Waals surface area contributed by atoms with Gasteiger partial charge in [0.1, 0.15) is 5.82 Å². The number of hydrogen-bond donors (Lipinski definition) is 2.